The lowest BCUT2D eigenvalue weighted by atomic mass is 10.0. The number of likely N-dealkylation sites (N-methyl/N-ethyl adjacent to an activating group) is 1. The van der Waals surface area contributed by atoms with Crippen LogP contribution in [0.4, 0.5) is 0 Å². The van der Waals surface area contributed by atoms with Crippen molar-refractivity contribution in [3.8, 4) is 0 Å². The van der Waals surface area contributed by atoms with E-state index in [0.717, 1.165) is 15.5 Å². The highest BCUT2D eigenvalue weighted by molar-refractivity contribution is 9.10. The molecule has 0 saturated carbocycles. The molecule has 2 aromatic rings. The molecule has 4 heteroatoms. The summed E-state index contributed by atoms with van der Waals surface area (Å²) >= 11 is 7.07. The highest BCUT2D eigenvalue weighted by Crippen LogP contribution is 2.25. The molecule has 0 aliphatic heterocycles. The van der Waals surface area contributed by atoms with E-state index in [1.807, 2.05) is 0 Å². The van der Waals surface area contributed by atoms with Crippen LogP contribution in [0.3, 0.4) is 0 Å². The van der Waals surface area contributed by atoms with E-state index in [-0.39, 0.29) is 6.04 Å². The Balaban J connectivity index is 2.15. The molecule has 0 aliphatic rings. The average Bonchev–Trinajstić information content (AvgIpc) is 2.46. The van der Waals surface area contributed by atoms with Crippen LogP contribution in [0.1, 0.15) is 22.7 Å². The Kier molecular flexibility index (Phi) is 5.99. The van der Waals surface area contributed by atoms with Crippen LogP contribution in [-0.2, 0) is 6.54 Å². The molecule has 0 fully saturated rings. The molecule has 2 nitrogen and oxygen atoms in total. The quantitative estimate of drug-likeness (QED) is 0.775. The van der Waals surface area contributed by atoms with Crippen molar-refractivity contribution in [3.63, 3.8) is 0 Å². The molecule has 112 valence electrons. The second kappa shape index (κ2) is 7.54. The van der Waals surface area contributed by atoms with Crippen molar-refractivity contribution in [3.05, 3.63) is 68.1 Å². The Morgan fingerprint density at radius 1 is 1.10 bits per heavy atom. The van der Waals surface area contributed by atoms with E-state index in [9.17, 15) is 0 Å². The summed E-state index contributed by atoms with van der Waals surface area (Å²) < 4.78 is 2.24. The molecule has 2 aromatic carbocycles. The molecule has 0 heterocycles. The Bertz CT molecular complexity index is 596. The molecule has 0 radical (unpaired) electrons. The second-order valence-electron chi connectivity index (χ2n) is 5.30. The molecule has 0 aromatic heterocycles. The van der Waals surface area contributed by atoms with Gasteiger partial charge in [0.1, 0.15) is 0 Å². The van der Waals surface area contributed by atoms with Gasteiger partial charge in [-0.25, -0.2) is 0 Å². The van der Waals surface area contributed by atoms with E-state index in [4.69, 9.17) is 5.73 Å². The van der Waals surface area contributed by atoms with Crippen LogP contribution in [0.25, 0.3) is 0 Å². The van der Waals surface area contributed by atoms with E-state index < -0.39 is 0 Å². The van der Waals surface area contributed by atoms with E-state index in [1.54, 1.807) is 0 Å². The van der Waals surface area contributed by atoms with Crippen LogP contribution >= 0.6 is 31.9 Å². The first kappa shape index (κ1) is 16.7. The lowest BCUT2D eigenvalue weighted by Crippen LogP contribution is -2.30. The summed E-state index contributed by atoms with van der Waals surface area (Å²) in [5.74, 6) is 0. The van der Waals surface area contributed by atoms with E-state index in [2.05, 4.69) is 93.2 Å². The maximum absolute atomic E-state index is 6.01. The van der Waals surface area contributed by atoms with E-state index >= 15 is 0 Å². The maximum Gasteiger partial charge on any atom is 0.0471 e. The third-order valence-electron chi connectivity index (χ3n) is 3.68. The van der Waals surface area contributed by atoms with Crippen LogP contribution in [0.5, 0.6) is 0 Å². The van der Waals surface area contributed by atoms with Gasteiger partial charge in [-0.05, 0) is 48.9 Å². The molecule has 0 aliphatic carbocycles. The van der Waals surface area contributed by atoms with Gasteiger partial charge in [-0.15, -0.1) is 0 Å². The van der Waals surface area contributed by atoms with Gasteiger partial charge in [-0.2, -0.15) is 0 Å². The summed E-state index contributed by atoms with van der Waals surface area (Å²) in [6.45, 7) is 3.57. The van der Waals surface area contributed by atoms with Crippen LogP contribution < -0.4 is 5.73 Å². The van der Waals surface area contributed by atoms with Gasteiger partial charge in [-0.1, -0.05) is 56.1 Å². The molecular formula is C17H20Br2N2. The fourth-order valence-electron chi connectivity index (χ4n) is 2.37. The first-order valence-corrected chi connectivity index (χ1v) is 8.50. The van der Waals surface area contributed by atoms with Gasteiger partial charge in [0.05, 0.1) is 0 Å². The third kappa shape index (κ3) is 4.39. The van der Waals surface area contributed by atoms with Crippen molar-refractivity contribution < 1.29 is 0 Å². The molecule has 0 saturated heterocycles. The summed E-state index contributed by atoms with van der Waals surface area (Å²) in [5, 5.41) is 0. The Morgan fingerprint density at radius 2 is 1.76 bits per heavy atom. The SMILES string of the molecule is Cc1ccc(C(CN)N(C)Cc2ccc(Br)cc2)cc1Br. The standard InChI is InChI=1S/C17H20Br2N2/c1-12-3-6-14(9-16(12)19)17(10-20)21(2)11-13-4-7-15(18)8-5-13/h3-9,17H,10-11,20H2,1-2H3. The minimum absolute atomic E-state index is 0.213. The van der Waals surface area contributed by atoms with Gasteiger partial charge in [0.25, 0.3) is 0 Å². The smallest absolute Gasteiger partial charge is 0.0471 e. The van der Waals surface area contributed by atoms with Gasteiger partial charge >= 0.3 is 0 Å². The molecule has 1 atom stereocenters. The number of benzene rings is 2. The van der Waals surface area contributed by atoms with Gasteiger partial charge in [0.15, 0.2) is 0 Å². The topological polar surface area (TPSA) is 29.3 Å². The number of halogens is 2. The third-order valence-corrected chi connectivity index (χ3v) is 5.06. The summed E-state index contributed by atoms with van der Waals surface area (Å²) in [6, 6.07) is 15.1. The first-order valence-electron chi connectivity index (χ1n) is 6.92. The Labute approximate surface area is 143 Å². The van der Waals surface area contributed by atoms with Crippen molar-refractivity contribution >= 4 is 31.9 Å². The predicted molar refractivity (Wildman–Crippen MR) is 96.3 cm³/mol. The zero-order valence-corrected chi connectivity index (χ0v) is 15.5. The summed E-state index contributed by atoms with van der Waals surface area (Å²) in [7, 11) is 2.12. The lowest BCUT2D eigenvalue weighted by molar-refractivity contribution is 0.241. The molecular weight excluding hydrogens is 392 g/mol. The van der Waals surface area contributed by atoms with Crippen molar-refractivity contribution in [2.24, 2.45) is 5.73 Å². The Morgan fingerprint density at radius 3 is 2.33 bits per heavy atom. The normalized spacial score (nSPS) is 12.7. The number of hydrogen-bond donors (Lipinski definition) is 1. The largest absolute Gasteiger partial charge is 0.329 e. The fourth-order valence-corrected chi connectivity index (χ4v) is 3.04. The molecule has 2 rings (SSSR count). The Hall–Kier alpha value is -0.680. The average molecular weight is 412 g/mol. The molecule has 1 unspecified atom stereocenters. The van der Waals surface area contributed by atoms with Crippen LogP contribution in [-0.4, -0.2) is 18.5 Å². The predicted octanol–water partition coefficient (Wildman–Crippen LogP) is 4.65. The van der Waals surface area contributed by atoms with E-state index in [1.165, 1.54) is 16.7 Å². The van der Waals surface area contributed by atoms with Crippen LogP contribution in [0.2, 0.25) is 0 Å². The number of aryl methyl sites for hydroxylation is 1. The van der Waals surface area contributed by atoms with Gasteiger partial charge in [0.2, 0.25) is 0 Å². The minimum Gasteiger partial charge on any atom is -0.329 e. The highest BCUT2D eigenvalue weighted by atomic mass is 79.9. The van der Waals surface area contributed by atoms with Gasteiger partial charge in [0, 0.05) is 28.1 Å². The van der Waals surface area contributed by atoms with Crippen molar-refractivity contribution in [2.75, 3.05) is 13.6 Å². The summed E-state index contributed by atoms with van der Waals surface area (Å²) in [6.07, 6.45) is 0. The first-order chi connectivity index (χ1) is 10.0. The molecule has 0 bridgehead atoms. The monoisotopic (exact) mass is 410 g/mol. The van der Waals surface area contributed by atoms with Gasteiger partial charge in [-0.3, -0.25) is 4.90 Å². The molecule has 21 heavy (non-hydrogen) atoms. The molecule has 0 amide bonds. The van der Waals surface area contributed by atoms with Gasteiger partial charge < -0.3 is 5.73 Å². The number of nitrogens with zero attached hydrogens (tertiary/aromatic N) is 1. The zero-order chi connectivity index (χ0) is 15.4. The highest BCUT2D eigenvalue weighted by Gasteiger charge is 2.16. The van der Waals surface area contributed by atoms with E-state index in [0.29, 0.717) is 6.54 Å². The molecule has 0 spiro atoms. The molecule has 2 N–H and O–H groups in total. The second-order valence-corrected chi connectivity index (χ2v) is 7.07. The minimum atomic E-state index is 0.213. The van der Waals surface area contributed by atoms with Crippen molar-refractivity contribution in [2.45, 2.75) is 19.5 Å². The number of rotatable bonds is 5. The van der Waals surface area contributed by atoms with Crippen molar-refractivity contribution in [1.29, 1.82) is 0 Å². The lowest BCUT2D eigenvalue weighted by Gasteiger charge is -2.28. The zero-order valence-electron chi connectivity index (χ0n) is 12.3. The van der Waals surface area contributed by atoms with Crippen molar-refractivity contribution in [1.82, 2.24) is 4.90 Å². The van der Waals surface area contributed by atoms with Crippen LogP contribution in [0.15, 0.2) is 51.4 Å². The summed E-state index contributed by atoms with van der Waals surface area (Å²) in [5.41, 5.74) is 9.78. The fraction of sp³-hybridized carbons (Fsp3) is 0.294. The summed E-state index contributed by atoms with van der Waals surface area (Å²) in [4.78, 5) is 2.29. The number of nitrogens with two attached hydrogens (primary N) is 1. The maximum atomic E-state index is 6.01. The van der Waals surface area contributed by atoms with Crippen LogP contribution in [0, 0.1) is 6.92 Å². The number of hydrogen-bond acceptors (Lipinski definition) is 2.